The fourth-order valence-electron chi connectivity index (χ4n) is 4.75. The molecule has 3 unspecified atom stereocenters. The van der Waals surface area contributed by atoms with Crippen molar-refractivity contribution < 1.29 is 14.3 Å². The number of aromatic nitrogens is 1. The molecule has 130 valence electrons. The van der Waals surface area contributed by atoms with Gasteiger partial charge in [-0.1, -0.05) is 54.9 Å². The van der Waals surface area contributed by atoms with E-state index in [4.69, 9.17) is 4.74 Å². The van der Waals surface area contributed by atoms with Gasteiger partial charge in [0.25, 0.3) is 0 Å². The number of Topliss-reactive ketones (excluding diaryl/α,β-unsaturated/α-hetero) is 1. The second-order valence-corrected chi connectivity index (χ2v) is 8.79. The molecular formula is C20H20BrNO3. The number of ketones is 1. The van der Waals surface area contributed by atoms with Gasteiger partial charge in [0.1, 0.15) is 5.52 Å². The molecule has 2 aliphatic rings. The quantitative estimate of drug-likeness (QED) is 0.427. The van der Waals surface area contributed by atoms with Crippen molar-refractivity contribution in [3.63, 3.8) is 0 Å². The Kier molecular flexibility index (Phi) is 3.43. The van der Waals surface area contributed by atoms with E-state index in [1.165, 1.54) is 0 Å². The summed E-state index contributed by atoms with van der Waals surface area (Å²) >= 11 is 3.53. The molecule has 5 heteroatoms. The molecule has 0 amide bonds. The summed E-state index contributed by atoms with van der Waals surface area (Å²) in [5.41, 5.74) is -1.17. The lowest BCUT2D eigenvalue weighted by atomic mass is 9.65. The van der Waals surface area contributed by atoms with Gasteiger partial charge in [0, 0.05) is 17.0 Å². The molecule has 1 heterocycles. The maximum absolute atomic E-state index is 13.3. The van der Waals surface area contributed by atoms with Crippen LogP contribution in [0.3, 0.4) is 0 Å². The molecule has 0 spiro atoms. The van der Waals surface area contributed by atoms with Crippen molar-refractivity contribution >= 4 is 38.6 Å². The topological polar surface area (TPSA) is 56.3 Å². The lowest BCUT2D eigenvalue weighted by Gasteiger charge is -2.38. The highest BCUT2D eigenvalue weighted by molar-refractivity contribution is 9.10. The summed E-state index contributed by atoms with van der Waals surface area (Å²) in [4.78, 5) is 30.0. The molecule has 2 fully saturated rings. The number of hydrogen-bond donors (Lipinski definition) is 0. The number of carbonyl (C=O) groups excluding carboxylic acids is 2. The number of para-hydroxylation sites is 1. The van der Waals surface area contributed by atoms with Gasteiger partial charge in [-0.2, -0.15) is 0 Å². The first kappa shape index (κ1) is 16.7. The number of carbonyl (C=O) groups is 2. The molecule has 2 bridgehead atoms. The minimum absolute atomic E-state index is 0.108. The van der Waals surface area contributed by atoms with E-state index in [2.05, 4.69) is 20.9 Å². The predicted molar refractivity (Wildman–Crippen MR) is 98.7 cm³/mol. The Morgan fingerprint density at radius 3 is 2.60 bits per heavy atom. The van der Waals surface area contributed by atoms with E-state index in [1.807, 2.05) is 45.0 Å². The number of rotatable bonds is 2. The number of hydrogen-bond acceptors (Lipinski definition) is 4. The van der Waals surface area contributed by atoms with Crippen molar-refractivity contribution in [2.45, 2.75) is 38.4 Å². The molecule has 4 nitrogen and oxygen atoms in total. The number of ether oxygens (including phenoxy) is 1. The highest BCUT2D eigenvalue weighted by Gasteiger charge is 2.77. The normalized spacial score (nSPS) is 33.0. The third-order valence-corrected chi connectivity index (χ3v) is 8.08. The molecular weight excluding hydrogens is 382 g/mol. The molecule has 1 aromatic carbocycles. The number of fused-ring (bicyclic) bond motifs is 3. The average molecular weight is 402 g/mol. The molecule has 4 rings (SSSR count). The first-order valence-corrected chi connectivity index (χ1v) is 9.42. The molecule has 0 saturated heterocycles. The summed E-state index contributed by atoms with van der Waals surface area (Å²) in [7, 11) is 0. The largest absolute Gasteiger partial charge is 0.424 e. The third kappa shape index (κ3) is 1.85. The van der Waals surface area contributed by atoms with Gasteiger partial charge < -0.3 is 4.74 Å². The predicted octanol–water partition coefficient (Wildman–Crippen LogP) is 4.30. The summed E-state index contributed by atoms with van der Waals surface area (Å²) < 4.78 is 5.85. The Bertz CT molecular complexity index is 903. The first-order valence-electron chi connectivity index (χ1n) is 8.50. The van der Waals surface area contributed by atoms with E-state index in [1.54, 1.807) is 12.3 Å². The highest BCUT2D eigenvalue weighted by atomic mass is 79.9. The molecule has 2 aliphatic carbocycles. The number of halogens is 1. The second kappa shape index (κ2) is 5.13. The standard InChI is InChI=1S/C20H20BrNO3/c1-18(2)19(3)9-10-20(18,15(21)16(19)23)17(24)25-13-8-4-6-12-7-5-11-22-14(12)13/h4-8,11,15H,9-10H2,1-3H3. The molecule has 0 radical (unpaired) electrons. The molecule has 0 aliphatic heterocycles. The van der Waals surface area contributed by atoms with Crippen molar-refractivity contribution in [1.29, 1.82) is 0 Å². The average Bonchev–Trinajstić information content (AvgIpc) is 2.87. The number of alkyl halides is 1. The Labute approximate surface area is 155 Å². The Balaban J connectivity index is 1.78. The zero-order valence-electron chi connectivity index (χ0n) is 14.5. The van der Waals surface area contributed by atoms with Crippen LogP contribution in [0.25, 0.3) is 10.9 Å². The molecule has 2 saturated carbocycles. The summed E-state index contributed by atoms with van der Waals surface area (Å²) in [5, 5.41) is 0.915. The zero-order chi connectivity index (χ0) is 18.0. The first-order chi connectivity index (χ1) is 11.8. The molecule has 25 heavy (non-hydrogen) atoms. The molecule has 3 atom stereocenters. The van der Waals surface area contributed by atoms with E-state index in [9.17, 15) is 9.59 Å². The number of pyridine rings is 1. The smallest absolute Gasteiger partial charge is 0.319 e. The van der Waals surface area contributed by atoms with Crippen LogP contribution in [-0.4, -0.2) is 21.6 Å². The van der Waals surface area contributed by atoms with E-state index in [0.717, 1.165) is 5.39 Å². The van der Waals surface area contributed by atoms with Crippen LogP contribution in [0.1, 0.15) is 33.6 Å². The Morgan fingerprint density at radius 1 is 1.20 bits per heavy atom. The van der Waals surface area contributed by atoms with Crippen molar-refractivity contribution in [2.24, 2.45) is 16.2 Å². The van der Waals surface area contributed by atoms with Crippen LogP contribution >= 0.6 is 15.9 Å². The second-order valence-electron chi connectivity index (χ2n) is 7.88. The van der Waals surface area contributed by atoms with Gasteiger partial charge in [-0.05, 0) is 30.4 Å². The van der Waals surface area contributed by atoms with E-state index < -0.39 is 21.1 Å². The van der Waals surface area contributed by atoms with Crippen LogP contribution in [0.2, 0.25) is 0 Å². The summed E-state index contributed by atoms with van der Waals surface area (Å²) in [6.07, 6.45) is 3.04. The highest BCUT2D eigenvalue weighted by Crippen LogP contribution is 2.72. The van der Waals surface area contributed by atoms with Gasteiger partial charge >= 0.3 is 5.97 Å². The number of benzene rings is 1. The fourth-order valence-corrected chi connectivity index (χ4v) is 6.25. The number of esters is 1. The molecule has 2 aromatic rings. The van der Waals surface area contributed by atoms with Gasteiger partial charge in [0.05, 0.1) is 10.2 Å². The molecule has 0 N–H and O–H groups in total. The molecule has 1 aromatic heterocycles. The van der Waals surface area contributed by atoms with E-state index >= 15 is 0 Å². The maximum Gasteiger partial charge on any atom is 0.319 e. The van der Waals surface area contributed by atoms with Crippen molar-refractivity contribution in [1.82, 2.24) is 4.98 Å². The summed E-state index contributed by atoms with van der Waals surface area (Å²) in [6, 6.07) is 9.31. The van der Waals surface area contributed by atoms with E-state index in [0.29, 0.717) is 24.1 Å². The van der Waals surface area contributed by atoms with Gasteiger partial charge in [0.2, 0.25) is 0 Å². The minimum Gasteiger partial charge on any atom is -0.424 e. The maximum atomic E-state index is 13.3. The number of nitrogens with zero attached hydrogens (tertiary/aromatic N) is 1. The zero-order valence-corrected chi connectivity index (χ0v) is 16.1. The van der Waals surface area contributed by atoms with Crippen LogP contribution in [0.5, 0.6) is 5.75 Å². The van der Waals surface area contributed by atoms with Crippen LogP contribution in [0.4, 0.5) is 0 Å². The summed E-state index contributed by atoms with van der Waals surface area (Å²) in [5.74, 6) is 0.213. The summed E-state index contributed by atoms with van der Waals surface area (Å²) in [6.45, 7) is 6.01. The van der Waals surface area contributed by atoms with Crippen LogP contribution < -0.4 is 4.74 Å². The van der Waals surface area contributed by atoms with Crippen molar-refractivity contribution in [3.8, 4) is 5.75 Å². The van der Waals surface area contributed by atoms with Gasteiger partial charge in [-0.25, -0.2) is 0 Å². The SMILES string of the molecule is CC12CCC(C(=O)Oc3cccc4cccnc34)(C(Br)C1=O)C2(C)C. The van der Waals surface area contributed by atoms with Crippen LogP contribution in [0.15, 0.2) is 36.5 Å². The fraction of sp³-hybridized carbons (Fsp3) is 0.450. The van der Waals surface area contributed by atoms with E-state index in [-0.39, 0.29) is 11.8 Å². The van der Waals surface area contributed by atoms with Crippen molar-refractivity contribution in [3.05, 3.63) is 36.5 Å². The van der Waals surface area contributed by atoms with Gasteiger partial charge in [-0.15, -0.1) is 0 Å². The third-order valence-electron chi connectivity index (χ3n) is 6.88. The van der Waals surface area contributed by atoms with Crippen LogP contribution in [0, 0.1) is 16.2 Å². The monoisotopic (exact) mass is 401 g/mol. The van der Waals surface area contributed by atoms with Crippen molar-refractivity contribution in [2.75, 3.05) is 0 Å². The Hall–Kier alpha value is -1.75. The minimum atomic E-state index is -0.851. The lowest BCUT2D eigenvalue weighted by molar-refractivity contribution is -0.150. The Morgan fingerprint density at radius 2 is 1.92 bits per heavy atom. The van der Waals surface area contributed by atoms with Crippen LogP contribution in [-0.2, 0) is 9.59 Å². The van der Waals surface area contributed by atoms with Gasteiger partial charge in [-0.3, -0.25) is 14.6 Å². The van der Waals surface area contributed by atoms with Gasteiger partial charge in [0.15, 0.2) is 11.5 Å². The lowest BCUT2D eigenvalue weighted by Crippen LogP contribution is -2.47.